The van der Waals surface area contributed by atoms with E-state index in [1.807, 2.05) is 32.1 Å². The van der Waals surface area contributed by atoms with Crippen molar-refractivity contribution in [1.82, 2.24) is 19.5 Å². The molecule has 0 radical (unpaired) electrons. The largest absolute Gasteiger partial charge is 0.357 e. The normalized spacial score (nSPS) is 12.5. The number of hydrogen-bond acceptors (Lipinski definition) is 3. The number of halogens is 1. The van der Waals surface area contributed by atoms with Gasteiger partial charge in [0.1, 0.15) is 0 Å². The number of nitrogens with one attached hydrogen (secondary N) is 2. The number of sulfonamides is 1. The maximum atomic E-state index is 11.4. The number of guanidine groups is 1. The van der Waals surface area contributed by atoms with Crippen molar-refractivity contribution in [1.29, 1.82) is 0 Å². The zero-order valence-corrected chi connectivity index (χ0v) is 16.5. The summed E-state index contributed by atoms with van der Waals surface area (Å²) in [6.45, 7) is 5.76. The van der Waals surface area contributed by atoms with Crippen LogP contribution in [0.1, 0.15) is 19.5 Å². The fraction of sp³-hybridized carbons (Fsp3) is 0.643. The van der Waals surface area contributed by atoms with Gasteiger partial charge in [0.05, 0.1) is 18.8 Å². The highest BCUT2D eigenvalue weighted by Crippen LogP contribution is 2.14. The topological polar surface area (TPSA) is 78.7 Å². The van der Waals surface area contributed by atoms with Gasteiger partial charge in [-0.15, -0.1) is 0 Å². The van der Waals surface area contributed by atoms with Crippen molar-refractivity contribution in [2.75, 3.05) is 32.4 Å². The Hall–Kier alpha value is -1.06. The van der Waals surface area contributed by atoms with Crippen molar-refractivity contribution in [3.63, 3.8) is 0 Å². The Labute approximate surface area is 147 Å². The van der Waals surface area contributed by atoms with Crippen molar-refractivity contribution in [3.8, 4) is 0 Å². The Bertz CT molecular complexity index is 627. The van der Waals surface area contributed by atoms with Crippen LogP contribution in [0.4, 0.5) is 0 Å². The molecule has 0 bridgehead atoms. The molecular formula is C14H26BrN5O2S. The number of aryl methyl sites for hydroxylation is 1. The molecule has 7 nitrogen and oxygen atoms in total. The first-order chi connectivity index (χ1) is 10.8. The standard InChI is InChI=1S/C14H26BrN5O2S/c1-5-16-14(17-7-8-18-23(21,22)6-2)20(4)11-13-9-12(15)10-19(13)3/h9-10,18H,5-8,11H2,1-4H3,(H,16,17). The molecule has 1 aromatic rings. The molecule has 0 unspecified atom stereocenters. The van der Waals surface area contributed by atoms with Crippen LogP contribution in [0.2, 0.25) is 0 Å². The average Bonchev–Trinajstić information content (AvgIpc) is 2.80. The van der Waals surface area contributed by atoms with Gasteiger partial charge >= 0.3 is 0 Å². The third kappa shape index (κ3) is 6.92. The van der Waals surface area contributed by atoms with Gasteiger partial charge in [0.2, 0.25) is 10.0 Å². The minimum atomic E-state index is -3.16. The summed E-state index contributed by atoms with van der Waals surface area (Å²) in [5.74, 6) is 0.833. The third-order valence-electron chi connectivity index (χ3n) is 3.25. The average molecular weight is 408 g/mol. The van der Waals surface area contributed by atoms with Crippen LogP contribution < -0.4 is 10.0 Å². The first-order valence-electron chi connectivity index (χ1n) is 7.56. The molecule has 0 saturated carbocycles. The lowest BCUT2D eigenvalue weighted by Gasteiger charge is -2.22. The molecule has 0 fully saturated rings. The van der Waals surface area contributed by atoms with E-state index in [4.69, 9.17) is 0 Å². The molecule has 0 aromatic carbocycles. The van der Waals surface area contributed by atoms with Gasteiger partial charge in [-0.25, -0.2) is 13.1 Å². The van der Waals surface area contributed by atoms with Crippen molar-refractivity contribution < 1.29 is 8.42 Å². The smallest absolute Gasteiger partial charge is 0.211 e. The summed E-state index contributed by atoms with van der Waals surface area (Å²) in [5, 5.41) is 3.22. The summed E-state index contributed by atoms with van der Waals surface area (Å²) in [5.41, 5.74) is 1.15. The summed E-state index contributed by atoms with van der Waals surface area (Å²) in [7, 11) is 0.791. The van der Waals surface area contributed by atoms with Crippen LogP contribution in [0.3, 0.4) is 0 Å². The van der Waals surface area contributed by atoms with Crippen LogP contribution in [0, 0.1) is 0 Å². The van der Waals surface area contributed by atoms with Crippen LogP contribution in [-0.4, -0.2) is 56.3 Å². The Kier molecular flexibility index (Phi) is 8.07. The highest BCUT2D eigenvalue weighted by molar-refractivity contribution is 9.10. The van der Waals surface area contributed by atoms with E-state index >= 15 is 0 Å². The zero-order valence-electron chi connectivity index (χ0n) is 14.1. The molecule has 0 amide bonds. The monoisotopic (exact) mass is 407 g/mol. The molecule has 0 saturated heterocycles. The number of aliphatic imine (C=N–C) groups is 1. The maximum absolute atomic E-state index is 11.4. The van der Waals surface area contributed by atoms with Crippen molar-refractivity contribution >= 4 is 31.9 Å². The van der Waals surface area contributed by atoms with Crippen LogP contribution >= 0.6 is 15.9 Å². The first-order valence-corrected chi connectivity index (χ1v) is 10.0. The highest BCUT2D eigenvalue weighted by atomic mass is 79.9. The second kappa shape index (κ2) is 9.29. The van der Waals surface area contributed by atoms with Gasteiger partial charge in [0.15, 0.2) is 5.96 Å². The molecule has 9 heteroatoms. The van der Waals surface area contributed by atoms with E-state index < -0.39 is 10.0 Å². The number of rotatable bonds is 8. The van der Waals surface area contributed by atoms with E-state index in [0.29, 0.717) is 19.6 Å². The lowest BCUT2D eigenvalue weighted by atomic mass is 10.4. The highest BCUT2D eigenvalue weighted by Gasteiger charge is 2.10. The van der Waals surface area contributed by atoms with Gasteiger partial charge < -0.3 is 14.8 Å². The fourth-order valence-corrected chi connectivity index (χ4v) is 3.15. The summed E-state index contributed by atoms with van der Waals surface area (Å²) >= 11 is 3.47. The van der Waals surface area contributed by atoms with E-state index in [1.165, 1.54) is 0 Å². The lowest BCUT2D eigenvalue weighted by Crippen LogP contribution is -2.39. The molecular weight excluding hydrogens is 382 g/mol. The quantitative estimate of drug-likeness (QED) is 0.384. The van der Waals surface area contributed by atoms with Crippen molar-refractivity contribution in [3.05, 3.63) is 22.4 Å². The van der Waals surface area contributed by atoms with Gasteiger partial charge in [0, 0.05) is 43.5 Å². The molecule has 1 rings (SSSR count). The second-order valence-corrected chi connectivity index (χ2v) is 8.16. The Morgan fingerprint density at radius 3 is 2.65 bits per heavy atom. The Morgan fingerprint density at radius 1 is 1.43 bits per heavy atom. The number of aromatic nitrogens is 1. The summed E-state index contributed by atoms with van der Waals surface area (Å²) in [6.07, 6.45) is 2.01. The number of hydrogen-bond donors (Lipinski definition) is 2. The van der Waals surface area contributed by atoms with Crippen LogP contribution in [-0.2, 0) is 23.6 Å². The Morgan fingerprint density at radius 2 is 2.13 bits per heavy atom. The Balaban J connectivity index is 2.65. The minimum absolute atomic E-state index is 0.0824. The minimum Gasteiger partial charge on any atom is -0.357 e. The van der Waals surface area contributed by atoms with Gasteiger partial charge in [-0.1, -0.05) is 0 Å². The molecule has 0 spiro atoms. The lowest BCUT2D eigenvalue weighted by molar-refractivity contribution is 0.462. The van der Waals surface area contributed by atoms with Gasteiger partial charge in [0.25, 0.3) is 0 Å². The van der Waals surface area contributed by atoms with Crippen LogP contribution in [0.15, 0.2) is 21.7 Å². The molecule has 0 aliphatic carbocycles. The maximum Gasteiger partial charge on any atom is 0.211 e. The molecule has 1 aromatic heterocycles. The molecule has 132 valence electrons. The third-order valence-corrected chi connectivity index (χ3v) is 5.08. The van der Waals surface area contributed by atoms with E-state index in [0.717, 1.165) is 22.7 Å². The van der Waals surface area contributed by atoms with E-state index in [2.05, 4.69) is 41.6 Å². The zero-order chi connectivity index (χ0) is 17.5. The van der Waals surface area contributed by atoms with E-state index in [1.54, 1.807) is 6.92 Å². The van der Waals surface area contributed by atoms with Crippen LogP contribution in [0.25, 0.3) is 0 Å². The molecule has 0 atom stereocenters. The van der Waals surface area contributed by atoms with Gasteiger partial charge in [-0.3, -0.25) is 4.99 Å². The van der Waals surface area contributed by atoms with Crippen molar-refractivity contribution in [2.45, 2.75) is 20.4 Å². The number of nitrogens with zero attached hydrogens (tertiary/aromatic N) is 3. The van der Waals surface area contributed by atoms with Gasteiger partial charge in [-0.05, 0) is 35.8 Å². The molecule has 0 aliphatic rings. The SMILES string of the molecule is CCNC(=NCCNS(=O)(=O)CC)N(C)Cc1cc(Br)cn1C. The van der Waals surface area contributed by atoms with E-state index in [9.17, 15) is 8.42 Å². The fourth-order valence-electron chi connectivity index (χ4n) is 1.98. The predicted octanol–water partition coefficient (Wildman–Crippen LogP) is 1.12. The van der Waals surface area contributed by atoms with E-state index in [-0.39, 0.29) is 5.75 Å². The van der Waals surface area contributed by atoms with Crippen LogP contribution in [0.5, 0.6) is 0 Å². The van der Waals surface area contributed by atoms with Gasteiger partial charge in [-0.2, -0.15) is 0 Å². The predicted molar refractivity (Wildman–Crippen MR) is 98.0 cm³/mol. The first kappa shape index (κ1) is 20.0. The molecule has 1 heterocycles. The summed E-state index contributed by atoms with van der Waals surface area (Å²) < 4.78 is 28.4. The molecule has 2 N–H and O–H groups in total. The molecule has 0 aliphatic heterocycles. The molecule has 23 heavy (non-hydrogen) atoms. The van der Waals surface area contributed by atoms with Crippen molar-refractivity contribution in [2.24, 2.45) is 12.0 Å². The summed E-state index contributed by atoms with van der Waals surface area (Å²) in [4.78, 5) is 6.48. The summed E-state index contributed by atoms with van der Waals surface area (Å²) in [6, 6.07) is 2.06. The second-order valence-electron chi connectivity index (χ2n) is 5.15.